The van der Waals surface area contributed by atoms with Crippen LogP contribution in [0, 0.1) is 5.41 Å². The van der Waals surface area contributed by atoms with Crippen LogP contribution in [0.3, 0.4) is 0 Å². The predicted octanol–water partition coefficient (Wildman–Crippen LogP) is 3.71. The van der Waals surface area contributed by atoms with E-state index >= 15 is 0 Å². The van der Waals surface area contributed by atoms with Crippen molar-refractivity contribution >= 4 is 29.9 Å². The molecule has 2 aromatic rings. The number of hydrogen-bond acceptors (Lipinski definition) is 6. The average molecular weight is 464 g/mol. The molecule has 1 fully saturated rings. The number of aliphatic hydroxyl groups excluding tert-OH is 1. The molecule has 0 heterocycles. The summed E-state index contributed by atoms with van der Waals surface area (Å²) in [5.74, 6) is -0.155. The summed E-state index contributed by atoms with van der Waals surface area (Å²) < 4.78 is 11.7. The lowest BCUT2D eigenvalue weighted by Gasteiger charge is -2.28. The van der Waals surface area contributed by atoms with Crippen molar-refractivity contribution in [1.29, 1.82) is 5.41 Å². The Morgan fingerprint density at radius 1 is 1.19 bits per heavy atom. The van der Waals surface area contributed by atoms with E-state index in [1.54, 1.807) is 42.5 Å². The van der Waals surface area contributed by atoms with Crippen molar-refractivity contribution in [2.24, 2.45) is 5.73 Å². The predicted molar refractivity (Wildman–Crippen MR) is 125 cm³/mol. The normalized spacial score (nSPS) is 18.7. The van der Waals surface area contributed by atoms with Gasteiger partial charge in [-0.05, 0) is 68.1 Å². The van der Waals surface area contributed by atoms with Gasteiger partial charge in [-0.3, -0.25) is 5.41 Å². The second kappa shape index (κ2) is 11.6. The van der Waals surface area contributed by atoms with E-state index in [2.05, 4.69) is 5.32 Å². The molecule has 0 radical (unpaired) electrons. The summed E-state index contributed by atoms with van der Waals surface area (Å²) in [5, 5.41) is 30.6. The van der Waals surface area contributed by atoms with E-state index in [-0.39, 0.29) is 24.3 Å². The fourth-order valence-corrected chi connectivity index (χ4v) is 3.67. The van der Waals surface area contributed by atoms with Gasteiger partial charge < -0.3 is 30.7 Å². The van der Waals surface area contributed by atoms with Crippen molar-refractivity contribution in [1.82, 2.24) is 0 Å². The van der Waals surface area contributed by atoms with E-state index in [0.717, 1.165) is 19.3 Å². The molecule has 0 saturated heterocycles. The molecule has 3 atom stereocenters. The highest BCUT2D eigenvalue weighted by Gasteiger charge is 2.26. The van der Waals surface area contributed by atoms with Crippen LogP contribution in [-0.4, -0.2) is 40.8 Å². The highest BCUT2D eigenvalue weighted by atomic mass is 35.5. The Kier molecular flexibility index (Phi) is 9.16. The van der Waals surface area contributed by atoms with E-state index in [4.69, 9.17) is 20.6 Å². The number of ether oxygens (including phenoxy) is 2. The SMILES string of the molecule is CCOc1cc(OC2CCCCC2O)cc(C(Nc2ccc(C(=N)N)cc2)C(=O)O)c1.Cl. The van der Waals surface area contributed by atoms with Gasteiger partial charge in [0.05, 0.1) is 12.7 Å². The smallest absolute Gasteiger partial charge is 0.330 e. The van der Waals surface area contributed by atoms with Crippen LogP contribution in [-0.2, 0) is 4.79 Å². The molecule has 9 heteroatoms. The molecule has 1 aliphatic carbocycles. The van der Waals surface area contributed by atoms with Crippen LogP contribution in [0.15, 0.2) is 42.5 Å². The molecular formula is C23H30ClN3O5. The quantitative estimate of drug-likeness (QED) is 0.282. The zero-order chi connectivity index (χ0) is 22.4. The van der Waals surface area contributed by atoms with Gasteiger partial charge in [-0.15, -0.1) is 12.4 Å². The van der Waals surface area contributed by atoms with Gasteiger partial charge in [-0.1, -0.05) is 6.42 Å². The minimum atomic E-state index is -1.06. The highest BCUT2D eigenvalue weighted by molar-refractivity contribution is 5.95. The molecule has 1 saturated carbocycles. The Hall–Kier alpha value is -2.97. The Morgan fingerprint density at radius 3 is 2.44 bits per heavy atom. The van der Waals surface area contributed by atoms with Crippen molar-refractivity contribution in [2.45, 2.75) is 50.9 Å². The van der Waals surface area contributed by atoms with Crippen LogP contribution in [0.5, 0.6) is 11.5 Å². The zero-order valence-electron chi connectivity index (χ0n) is 17.9. The number of benzene rings is 2. The van der Waals surface area contributed by atoms with Crippen molar-refractivity contribution in [3.63, 3.8) is 0 Å². The van der Waals surface area contributed by atoms with Crippen LogP contribution in [0.25, 0.3) is 0 Å². The summed E-state index contributed by atoms with van der Waals surface area (Å²) >= 11 is 0. The number of carboxylic acids is 1. The van der Waals surface area contributed by atoms with Gasteiger partial charge in [0.1, 0.15) is 23.4 Å². The van der Waals surface area contributed by atoms with Crippen molar-refractivity contribution < 1.29 is 24.5 Å². The van der Waals surface area contributed by atoms with Gasteiger partial charge in [0.2, 0.25) is 0 Å². The number of nitrogen functional groups attached to an aromatic ring is 1. The molecule has 3 unspecified atom stereocenters. The largest absolute Gasteiger partial charge is 0.494 e. The van der Waals surface area contributed by atoms with Crippen LogP contribution in [0.1, 0.15) is 49.8 Å². The molecular weight excluding hydrogens is 434 g/mol. The van der Waals surface area contributed by atoms with Gasteiger partial charge in [0.15, 0.2) is 6.04 Å². The minimum Gasteiger partial charge on any atom is -0.494 e. The summed E-state index contributed by atoms with van der Waals surface area (Å²) in [7, 11) is 0. The molecule has 1 aliphatic rings. The summed E-state index contributed by atoms with van der Waals surface area (Å²) in [5.41, 5.74) is 7.07. The van der Waals surface area contributed by atoms with E-state index in [1.807, 2.05) is 6.92 Å². The number of nitrogens with one attached hydrogen (secondary N) is 2. The summed E-state index contributed by atoms with van der Waals surface area (Å²) in [6.07, 6.45) is 2.53. The second-order valence-electron chi connectivity index (χ2n) is 7.59. The third-order valence-electron chi connectivity index (χ3n) is 5.26. The number of aliphatic hydroxyl groups is 1. The standard InChI is InChI=1S/C23H29N3O5.ClH/c1-2-30-17-11-15(12-18(13-17)31-20-6-4-3-5-19(20)27)21(23(28)29)26-16-9-7-14(8-10-16)22(24)25;/h7-13,19-21,26-27H,2-6H2,1H3,(H3,24,25)(H,28,29);1H. The fourth-order valence-electron chi connectivity index (χ4n) is 3.67. The molecule has 6 N–H and O–H groups in total. The average Bonchev–Trinajstić information content (AvgIpc) is 2.74. The number of nitrogens with two attached hydrogens (primary N) is 1. The van der Waals surface area contributed by atoms with Gasteiger partial charge in [-0.25, -0.2) is 4.79 Å². The Labute approximate surface area is 193 Å². The molecule has 0 aliphatic heterocycles. The maximum atomic E-state index is 12.1. The number of rotatable bonds is 9. The first-order valence-electron chi connectivity index (χ1n) is 10.4. The fraction of sp³-hybridized carbons (Fsp3) is 0.391. The van der Waals surface area contributed by atoms with Crippen LogP contribution in [0.2, 0.25) is 0 Å². The number of halogens is 1. The molecule has 0 spiro atoms. The number of amidine groups is 1. The van der Waals surface area contributed by atoms with Crippen LogP contribution >= 0.6 is 12.4 Å². The Balaban J connectivity index is 0.00000363. The van der Waals surface area contributed by atoms with Crippen LogP contribution < -0.4 is 20.5 Å². The lowest BCUT2D eigenvalue weighted by Crippen LogP contribution is -2.34. The number of aliphatic carboxylic acids is 1. The molecule has 2 aromatic carbocycles. The summed E-state index contributed by atoms with van der Waals surface area (Å²) in [6, 6.07) is 10.7. The number of hydrogen-bond donors (Lipinski definition) is 5. The first-order chi connectivity index (χ1) is 14.9. The van der Waals surface area contributed by atoms with Crippen molar-refractivity contribution in [3.8, 4) is 11.5 Å². The number of carbonyl (C=O) groups is 1. The lowest BCUT2D eigenvalue weighted by molar-refractivity contribution is -0.138. The molecule has 8 nitrogen and oxygen atoms in total. The molecule has 174 valence electrons. The van der Waals surface area contributed by atoms with Crippen molar-refractivity contribution in [2.75, 3.05) is 11.9 Å². The molecule has 32 heavy (non-hydrogen) atoms. The Bertz CT molecular complexity index is 922. The highest BCUT2D eigenvalue weighted by Crippen LogP contribution is 2.32. The van der Waals surface area contributed by atoms with E-state index < -0.39 is 18.1 Å². The molecule has 0 aromatic heterocycles. The summed E-state index contributed by atoms with van der Waals surface area (Å²) in [4.78, 5) is 12.1. The topological polar surface area (TPSA) is 138 Å². The van der Waals surface area contributed by atoms with Gasteiger partial charge in [-0.2, -0.15) is 0 Å². The first kappa shape index (κ1) is 25.3. The minimum absolute atomic E-state index is 0. The van der Waals surface area contributed by atoms with E-state index in [9.17, 15) is 15.0 Å². The number of anilines is 1. The van der Waals surface area contributed by atoms with Crippen LogP contribution in [0.4, 0.5) is 5.69 Å². The first-order valence-corrected chi connectivity index (χ1v) is 10.4. The monoisotopic (exact) mass is 463 g/mol. The third-order valence-corrected chi connectivity index (χ3v) is 5.26. The molecule has 0 bridgehead atoms. The number of carboxylic acid groups (broad SMARTS) is 1. The van der Waals surface area contributed by atoms with Gasteiger partial charge >= 0.3 is 5.97 Å². The molecule has 0 amide bonds. The Morgan fingerprint density at radius 2 is 1.84 bits per heavy atom. The van der Waals surface area contributed by atoms with Gasteiger partial charge in [0.25, 0.3) is 0 Å². The van der Waals surface area contributed by atoms with Gasteiger partial charge in [0, 0.05) is 17.3 Å². The maximum absolute atomic E-state index is 12.1. The maximum Gasteiger partial charge on any atom is 0.330 e. The zero-order valence-corrected chi connectivity index (χ0v) is 18.7. The second-order valence-corrected chi connectivity index (χ2v) is 7.59. The van der Waals surface area contributed by atoms with E-state index in [0.29, 0.717) is 41.3 Å². The third kappa shape index (κ3) is 6.51. The van der Waals surface area contributed by atoms with E-state index in [1.165, 1.54) is 0 Å². The molecule has 3 rings (SSSR count). The summed E-state index contributed by atoms with van der Waals surface area (Å²) in [6.45, 7) is 2.27. The van der Waals surface area contributed by atoms with Crippen molar-refractivity contribution in [3.05, 3.63) is 53.6 Å². The lowest BCUT2D eigenvalue weighted by atomic mass is 9.95.